The van der Waals surface area contributed by atoms with Gasteiger partial charge in [-0.25, -0.2) is 10.4 Å². The number of ether oxygens (including phenoxy) is 4. The van der Waals surface area contributed by atoms with Crippen LogP contribution in [0.15, 0.2) is 82.3 Å². The number of para-hydroxylation sites is 1. The Morgan fingerprint density at radius 1 is 1.04 bits per heavy atom. The number of halogens is 1. The number of aliphatic hydroxyl groups is 1. The summed E-state index contributed by atoms with van der Waals surface area (Å²) in [7, 11) is 1.59. The Kier molecular flexibility index (Phi) is 11.6. The van der Waals surface area contributed by atoms with Crippen molar-refractivity contribution in [1.29, 1.82) is 0 Å². The third kappa shape index (κ3) is 9.06. The Labute approximate surface area is 272 Å². The first-order valence-corrected chi connectivity index (χ1v) is 15.6. The number of hydrogen-bond acceptors (Lipinski definition) is 9. The average molecular weight is 683 g/mol. The van der Waals surface area contributed by atoms with Crippen LogP contribution in [0.4, 0.5) is 0 Å². The van der Waals surface area contributed by atoms with E-state index in [2.05, 4.69) is 26.8 Å². The lowest BCUT2D eigenvalue weighted by molar-refractivity contribution is -0.155. The van der Waals surface area contributed by atoms with Crippen LogP contribution in [0.5, 0.6) is 11.5 Å². The number of nitrogens with zero attached hydrogens (tertiary/aromatic N) is 1. The number of carbonyl (C=O) groups excluding carboxylic acids is 2. The molecule has 0 saturated carbocycles. The fourth-order valence-corrected chi connectivity index (χ4v) is 5.13. The van der Waals surface area contributed by atoms with Crippen molar-refractivity contribution in [1.82, 2.24) is 10.9 Å². The number of amides is 1. The molecule has 1 aliphatic rings. The number of hydrazine groups is 1. The second-order valence-corrected chi connectivity index (χ2v) is 12.5. The van der Waals surface area contributed by atoms with E-state index in [0.717, 1.165) is 10.0 Å². The fourth-order valence-electron chi connectivity index (χ4n) is 4.87. The minimum atomic E-state index is -1.52. The van der Waals surface area contributed by atoms with Crippen LogP contribution in [0.25, 0.3) is 0 Å². The summed E-state index contributed by atoms with van der Waals surface area (Å²) in [4.78, 5) is 32.1. The maximum Gasteiger partial charge on any atom is 0.306 e. The van der Waals surface area contributed by atoms with Gasteiger partial charge in [0.25, 0.3) is 5.91 Å². The molecule has 2 atom stereocenters. The van der Waals surface area contributed by atoms with Crippen molar-refractivity contribution >= 4 is 33.7 Å². The maximum absolute atomic E-state index is 14.2. The van der Waals surface area contributed by atoms with Crippen molar-refractivity contribution in [3.8, 4) is 11.5 Å². The lowest BCUT2D eigenvalue weighted by Crippen LogP contribution is -2.52. The highest BCUT2D eigenvalue weighted by molar-refractivity contribution is 9.10. The smallest absolute Gasteiger partial charge is 0.306 e. The van der Waals surface area contributed by atoms with E-state index >= 15 is 0 Å². The predicted octanol–water partition coefficient (Wildman–Crippen LogP) is 5.42. The van der Waals surface area contributed by atoms with Gasteiger partial charge in [-0.3, -0.25) is 15.0 Å². The van der Waals surface area contributed by atoms with Gasteiger partial charge in [0.15, 0.2) is 11.6 Å². The summed E-state index contributed by atoms with van der Waals surface area (Å²) in [5.41, 5.74) is 5.83. The zero-order valence-electron chi connectivity index (χ0n) is 26.0. The van der Waals surface area contributed by atoms with Crippen molar-refractivity contribution in [2.75, 3.05) is 20.3 Å². The van der Waals surface area contributed by atoms with Gasteiger partial charge in [-0.2, -0.15) is 0 Å². The summed E-state index contributed by atoms with van der Waals surface area (Å²) in [5.74, 6) is 0.658. The molecule has 45 heavy (non-hydrogen) atoms. The Balaban J connectivity index is 1.68. The van der Waals surface area contributed by atoms with E-state index < -0.39 is 29.1 Å². The number of benzene rings is 3. The van der Waals surface area contributed by atoms with Crippen LogP contribution in [0.2, 0.25) is 0 Å². The molecule has 10 nitrogen and oxygen atoms in total. The van der Waals surface area contributed by atoms with Gasteiger partial charge in [0.2, 0.25) is 5.90 Å². The van der Waals surface area contributed by atoms with Gasteiger partial charge < -0.3 is 24.1 Å². The van der Waals surface area contributed by atoms with Gasteiger partial charge in [0, 0.05) is 41.6 Å². The van der Waals surface area contributed by atoms with Gasteiger partial charge >= 0.3 is 5.97 Å². The highest BCUT2D eigenvalue weighted by Crippen LogP contribution is 2.43. The first-order chi connectivity index (χ1) is 21.5. The summed E-state index contributed by atoms with van der Waals surface area (Å²) in [6, 6.07) is 22.1. The molecule has 4 rings (SSSR count). The monoisotopic (exact) mass is 681 g/mol. The number of esters is 1. The number of aliphatic hydroxyl groups excluding tert-OH is 1. The van der Waals surface area contributed by atoms with Crippen LogP contribution < -0.4 is 20.3 Å². The third-order valence-electron chi connectivity index (χ3n) is 7.01. The van der Waals surface area contributed by atoms with E-state index in [1.165, 1.54) is 0 Å². The molecule has 1 heterocycles. The van der Waals surface area contributed by atoms with Crippen molar-refractivity contribution in [3.05, 3.63) is 94.0 Å². The second kappa shape index (κ2) is 15.4. The normalized spacial score (nSPS) is 17.6. The van der Waals surface area contributed by atoms with Crippen molar-refractivity contribution < 1.29 is 33.6 Å². The van der Waals surface area contributed by atoms with E-state index in [4.69, 9.17) is 29.0 Å². The summed E-state index contributed by atoms with van der Waals surface area (Å²) < 4.78 is 24.0. The van der Waals surface area contributed by atoms with Crippen molar-refractivity contribution in [2.24, 2.45) is 4.99 Å². The molecule has 3 N–H and O–H groups in total. The summed E-state index contributed by atoms with van der Waals surface area (Å²) in [6.45, 7) is 6.11. The third-order valence-corrected chi connectivity index (χ3v) is 7.53. The molecule has 3 aromatic rings. The van der Waals surface area contributed by atoms with E-state index in [9.17, 15) is 9.59 Å². The Morgan fingerprint density at radius 3 is 2.42 bits per heavy atom. The quantitative estimate of drug-likeness (QED) is 0.117. The zero-order valence-corrected chi connectivity index (χ0v) is 27.6. The summed E-state index contributed by atoms with van der Waals surface area (Å²) in [5, 5.41) is 9.04. The van der Waals surface area contributed by atoms with Crippen molar-refractivity contribution in [2.45, 2.75) is 63.8 Å². The van der Waals surface area contributed by atoms with Gasteiger partial charge in [-0.15, -0.1) is 0 Å². The predicted molar refractivity (Wildman–Crippen MR) is 174 cm³/mol. The highest BCUT2D eigenvalue weighted by Gasteiger charge is 2.53. The van der Waals surface area contributed by atoms with Crippen molar-refractivity contribution in [3.63, 3.8) is 0 Å². The molecule has 0 saturated heterocycles. The summed E-state index contributed by atoms with van der Waals surface area (Å²) in [6.07, 6.45) is -0.373. The number of carbonyl (C=O) groups is 2. The average Bonchev–Trinajstić information content (AvgIpc) is 3.41. The standard InChI is InChI=1S/C34H40BrN3O7/c1-33(2,3)45-29(40)18-19-34(32(41)38-36-22-25-8-5-6-9-28(25)42-4)30(23-10-14-26(35)15-11-23)44-31(37-34)24-12-16-27(17-13-24)43-21-7-20-39/h5-6,8-17,30,36,39H,7,18-22H2,1-4H3,(H,38,41)/t30-,34-/m0/s1. The molecular formula is C34H40BrN3O7. The number of hydrogen-bond donors (Lipinski definition) is 3. The molecule has 1 aliphatic heterocycles. The molecule has 1 amide bonds. The van der Waals surface area contributed by atoms with E-state index in [1.807, 2.05) is 48.5 Å². The van der Waals surface area contributed by atoms with Crippen LogP contribution in [0.1, 0.15) is 62.8 Å². The molecule has 0 fully saturated rings. The molecule has 0 aromatic heterocycles. The Morgan fingerprint density at radius 2 is 1.76 bits per heavy atom. The minimum absolute atomic E-state index is 0.0245. The topological polar surface area (TPSA) is 128 Å². The Hall–Kier alpha value is -3.93. The molecule has 0 radical (unpaired) electrons. The second-order valence-electron chi connectivity index (χ2n) is 11.5. The summed E-state index contributed by atoms with van der Waals surface area (Å²) >= 11 is 3.48. The number of methoxy groups -OCH3 is 1. The number of aliphatic imine (C=N–C) groups is 1. The van der Waals surface area contributed by atoms with Crippen LogP contribution in [-0.4, -0.2) is 54.3 Å². The van der Waals surface area contributed by atoms with Crippen LogP contribution in [0, 0.1) is 0 Å². The molecule has 240 valence electrons. The first-order valence-electron chi connectivity index (χ1n) is 14.8. The Bertz CT molecular complexity index is 1470. The number of rotatable bonds is 14. The largest absolute Gasteiger partial charge is 0.496 e. The van der Waals surface area contributed by atoms with Crippen LogP contribution >= 0.6 is 15.9 Å². The lowest BCUT2D eigenvalue weighted by atomic mass is 9.83. The number of nitrogens with one attached hydrogen (secondary N) is 2. The first kappa shape index (κ1) is 34.0. The molecule has 11 heteroatoms. The minimum Gasteiger partial charge on any atom is -0.496 e. The fraction of sp³-hybridized carbons (Fsp3) is 0.382. The van der Waals surface area contributed by atoms with Gasteiger partial charge in [0.05, 0.1) is 13.7 Å². The molecule has 0 bridgehead atoms. The SMILES string of the molecule is COc1ccccc1CNNC(=O)[C@@]1(CCC(=O)OC(C)(C)C)N=C(c2ccc(OCCCO)cc2)O[C@H]1c1ccc(Br)cc1. The van der Waals surface area contributed by atoms with E-state index in [-0.39, 0.29) is 31.9 Å². The molecule has 0 aliphatic carbocycles. The van der Waals surface area contributed by atoms with Gasteiger partial charge in [0.1, 0.15) is 17.1 Å². The van der Waals surface area contributed by atoms with Gasteiger partial charge in [-0.1, -0.05) is 46.3 Å². The zero-order chi connectivity index (χ0) is 32.5. The van der Waals surface area contributed by atoms with E-state index in [0.29, 0.717) is 35.7 Å². The van der Waals surface area contributed by atoms with Crippen LogP contribution in [0.3, 0.4) is 0 Å². The molecular weight excluding hydrogens is 642 g/mol. The highest BCUT2D eigenvalue weighted by atomic mass is 79.9. The van der Waals surface area contributed by atoms with E-state index in [1.54, 1.807) is 52.1 Å². The van der Waals surface area contributed by atoms with Gasteiger partial charge in [-0.05, 0) is 75.2 Å². The maximum atomic E-state index is 14.2. The molecule has 3 aromatic carbocycles. The van der Waals surface area contributed by atoms with Crippen LogP contribution in [-0.2, 0) is 25.6 Å². The molecule has 0 spiro atoms. The lowest BCUT2D eigenvalue weighted by Gasteiger charge is -2.31. The molecule has 0 unspecified atom stereocenters.